The molecule has 1 saturated carbocycles. The predicted octanol–water partition coefficient (Wildman–Crippen LogP) is 4.11. The first-order chi connectivity index (χ1) is 14.3. The van der Waals surface area contributed by atoms with E-state index in [1.165, 1.54) is 0 Å². The van der Waals surface area contributed by atoms with Crippen LogP contribution in [-0.4, -0.2) is 35.0 Å². The quantitative estimate of drug-likeness (QED) is 0.737. The maximum atomic E-state index is 11.0. The van der Waals surface area contributed by atoms with Gasteiger partial charge in [0.25, 0.3) is 0 Å². The summed E-state index contributed by atoms with van der Waals surface area (Å²) >= 11 is 0. The van der Waals surface area contributed by atoms with E-state index in [2.05, 4.69) is 13.8 Å². The number of aromatic carboxylic acids is 1. The molecule has 2 bridgehead atoms. The van der Waals surface area contributed by atoms with Gasteiger partial charge in [-0.05, 0) is 55.7 Å². The number of ether oxygens (including phenoxy) is 3. The normalized spacial score (nSPS) is 44.9. The average Bonchev–Trinajstić information content (AvgIpc) is 2.96. The lowest BCUT2D eigenvalue weighted by Crippen LogP contribution is -2.70. The van der Waals surface area contributed by atoms with Crippen molar-refractivity contribution in [2.75, 3.05) is 0 Å². The van der Waals surface area contributed by atoms with Gasteiger partial charge in [0.05, 0.1) is 12.2 Å². The minimum atomic E-state index is -0.936. The summed E-state index contributed by atoms with van der Waals surface area (Å²) in [6, 6.07) is 6.74. The largest absolute Gasteiger partial charge is 0.478 e. The predicted molar refractivity (Wildman–Crippen MR) is 105 cm³/mol. The summed E-state index contributed by atoms with van der Waals surface area (Å²) in [5.74, 6) is -0.539. The molecule has 4 heterocycles. The Kier molecular flexibility index (Phi) is 4.95. The van der Waals surface area contributed by atoms with Crippen molar-refractivity contribution in [3.63, 3.8) is 0 Å². The lowest BCUT2D eigenvalue weighted by atomic mass is 9.58. The SMILES string of the molecule is C[C@@H]1CCC2[C@@H](C)[C@@H](OCc3ccc(C(=O)O)cc3)O[C@@H]3O[C@]4(C)CC[C@@H]1[C@@]23OO4. The fraction of sp³-hybridized carbons (Fsp3) is 0.696. The summed E-state index contributed by atoms with van der Waals surface area (Å²) in [4.78, 5) is 23.0. The molecule has 30 heavy (non-hydrogen) atoms. The van der Waals surface area contributed by atoms with Crippen LogP contribution < -0.4 is 0 Å². The summed E-state index contributed by atoms with van der Waals surface area (Å²) in [6.07, 6.45) is 3.01. The van der Waals surface area contributed by atoms with E-state index in [0.29, 0.717) is 18.4 Å². The van der Waals surface area contributed by atoms with Crippen LogP contribution in [0.25, 0.3) is 0 Å². The van der Waals surface area contributed by atoms with Crippen LogP contribution in [0, 0.1) is 23.7 Å². The molecule has 0 aromatic heterocycles. The molecular weight excluding hydrogens is 388 g/mol. The van der Waals surface area contributed by atoms with Gasteiger partial charge in [-0.25, -0.2) is 14.6 Å². The van der Waals surface area contributed by atoms with E-state index < -0.39 is 29.9 Å². The van der Waals surface area contributed by atoms with Crippen molar-refractivity contribution in [1.29, 1.82) is 0 Å². The molecule has 5 fully saturated rings. The topological polar surface area (TPSA) is 83.5 Å². The first-order valence-electron chi connectivity index (χ1n) is 11.0. The Labute approximate surface area is 176 Å². The van der Waals surface area contributed by atoms with Gasteiger partial charge < -0.3 is 19.3 Å². The number of carboxylic acid groups (broad SMARTS) is 1. The number of carbonyl (C=O) groups is 1. The summed E-state index contributed by atoms with van der Waals surface area (Å²) in [7, 11) is 0. The van der Waals surface area contributed by atoms with Crippen LogP contribution in [0.15, 0.2) is 24.3 Å². The van der Waals surface area contributed by atoms with Crippen LogP contribution in [0.5, 0.6) is 0 Å². The highest BCUT2D eigenvalue weighted by Crippen LogP contribution is 2.60. The number of fused-ring (bicyclic) bond motifs is 2. The first kappa shape index (κ1) is 20.4. The Morgan fingerprint density at radius 1 is 1.13 bits per heavy atom. The van der Waals surface area contributed by atoms with E-state index in [0.717, 1.165) is 31.2 Å². The Balaban J connectivity index is 1.37. The smallest absolute Gasteiger partial charge is 0.335 e. The Morgan fingerprint density at radius 3 is 2.63 bits per heavy atom. The van der Waals surface area contributed by atoms with Gasteiger partial charge in [-0.1, -0.05) is 26.0 Å². The fourth-order valence-electron chi connectivity index (χ4n) is 5.98. The maximum Gasteiger partial charge on any atom is 0.335 e. The highest BCUT2D eigenvalue weighted by atomic mass is 17.3. The van der Waals surface area contributed by atoms with Crippen LogP contribution in [0.1, 0.15) is 62.4 Å². The van der Waals surface area contributed by atoms with E-state index in [9.17, 15) is 4.79 Å². The van der Waals surface area contributed by atoms with E-state index >= 15 is 0 Å². The van der Waals surface area contributed by atoms with Gasteiger partial charge in [0.15, 0.2) is 18.2 Å². The molecule has 1 unspecified atom stereocenters. The second kappa shape index (κ2) is 7.28. The number of carboxylic acids is 1. The molecule has 5 aliphatic rings. The van der Waals surface area contributed by atoms with Gasteiger partial charge in [0.2, 0.25) is 5.79 Å². The Hall–Kier alpha value is -1.51. The van der Waals surface area contributed by atoms with Crippen molar-refractivity contribution in [2.45, 2.75) is 77.0 Å². The van der Waals surface area contributed by atoms with Crippen molar-refractivity contribution < 1.29 is 33.9 Å². The molecule has 1 N–H and O–H groups in total. The van der Waals surface area contributed by atoms with Crippen LogP contribution in [0.3, 0.4) is 0 Å². The van der Waals surface area contributed by atoms with Gasteiger partial charge in [-0.15, -0.1) is 0 Å². The van der Waals surface area contributed by atoms with Crippen LogP contribution >= 0.6 is 0 Å². The zero-order valence-corrected chi connectivity index (χ0v) is 17.7. The molecule has 7 heteroatoms. The maximum absolute atomic E-state index is 11.0. The molecule has 6 rings (SSSR count). The molecule has 0 radical (unpaired) electrons. The van der Waals surface area contributed by atoms with Gasteiger partial charge in [-0.3, -0.25) is 0 Å². The molecule has 1 aliphatic carbocycles. The monoisotopic (exact) mass is 418 g/mol. The van der Waals surface area contributed by atoms with Crippen molar-refractivity contribution in [3.05, 3.63) is 35.4 Å². The lowest BCUT2D eigenvalue weighted by Gasteiger charge is -2.60. The zero-order chi connectivity index (χ0) is 21.1. The van der Waals surface area contributed by atoms with Crippen LogP contribution in [0.2, 0.25) is 0 Å². The molecule has 164 valence electrons. The average molecular weight is 418 g/mol. The third kappa shape index (κ3) is 3.10. The number of rotatable bonds is 4. The van der Waals surface area contributed by atoms with Crippen molar-refractivity contribution >= 4 is 5.97 Å². The summed E-state index contributed by atoms with van der Waals surface area (Å²) in [5.41, 5.74) is 0.579. The molecule has 1 spiro atoms. The molecule has 4 saturated heterocycles. The zero-order valence-electron chi connectivity index (χ0n) is 17.7. The van der Waals surface area contributed by atoms with Gasteiger partial charge in [-0.2, -0.15) is 0 Å². The number of hydrogen-bond donors (Lipinski definition) is 1. The number of hydrogen-bond acceptors (Lipinski definition) is 6. The molecule has 1 aromatic rings. The highest BCUT2D eigenvalue weighted by molar-refractivity contribution is 5.87. The minimum Gasteiger partial charge on any atom is -0.478 e. The first-order valence-corrected chi connectivity index (χ1v) is 11.0. The van der Waals surface area contributed by atoms with Crippen molar-refractivity contribution in [1.82, 2.24) is 0 Å². The molecule has 0 amide bonds. The van der Waals surface area contributed by atoms with Gasteiger partial charge >= 0.3 is 5.97 Å². The highest BCUT2D eigenvalue weighted by Gasteiger charge is 2.69. The standard InChI is InChI=1S/C23H30O7/c1-13-4-9-18-14(2)20(26-12-15-5-7-16(8-6-15)19(24)25)27-21-23(18)17(13)10-11-22(3,28-21)29-30-23/h5-8,13-14,17-18,20-21H,4,9-12H2,1-3H3,(H,24,25)/t13-,14-,17+,18?,20+,21-,22+,23-/m1/s1. The van der Waals surface area contributed by atoms with Gasteiger partial charge in [0.1, 0.15) is 0 Å². The fourth-order valence-corrected chi connectivity index (χ4v) is 5.98. The lowest BCUT2D eigenvalue weighted by molar-refractivity contribution is -0.577. The molecule has 7 nitrogen and oxygen atoms in total. The molecule has 4 aliphatic heterocycles. The van der Waals surface area contributed by atoms with E-state index in [1.54, 1.807) is 24.3 Å². The van der Waals surface area contributed by atoms with Crippen molar-refractivity contribution in [3.8, 4) is 0 Å². The second-order valence-corrected chi connectivity index (χ2v) is 9.59. The van der Waals surface area contributed by atoms with Crippen molar-refractivity contribution in [2.24, 2.45) is 23.7 Å². The van der Waals surface area contributed by atoms with E-state index in [4.69, 9.17) is 29.1 Å². The molecular formula is C23H30O7. The minimum absolute atomic E-state index is 0.115. The van der Waals surface area contributed by atoms with E-state index in [1.807, 2.05) is 6.92 Å². The van der Waals surface area contributed by atoms with E-state index in [-0.39, 0.29) is 17.4 Å². The van der Waals surface area contributed by atoms with Gasteiger partial charge in [0, 0.05) is 18.3 Å². The second-order valence-electron chi connectivity index (χ2n) is 9.59. The molecule has 8 atom stereocenters. The third-order valence-corrected chi connectivity index (χ3v) is 7.71. The summed E-state index contributed by atoms with van der Waals surface area (Å²) in [5, 5.41) is 9.06. The Morgan fingerprint density at radius 2 is 1.90 bits per heavy atom. The summed E-state index contributed by atoms with van der Waals surface area (Å²) < 4.78 is 18.9. The molecule has 1 aromatic carbocycles. The summed E-state index contributed by atoms with van der Waals surface area (Å²) in [6.45, 7) is 6.71. The Bertz CT molecular complexity index is 810. The van der Waals surface area contributed by atoms with Crippen LogP contribution in [0.4, 0.5) is 0 Å². The number of benzene rings is 1. The third-order valence-electron chi connectivity index (χ3n) is 7.71. The van der Waals surface area contributed by atoms with Crippen LogP contribution in [-0.2, 0) is 30.6 Å².